The highest BCUT2D eigenvalue weighted by atomic mass is 19.1. The van der Waals surface area contributed by atoms with Crippen LogP contribution in [0.1, 0.15) is 44.7 Å². The van der Waals surface area contributed by atoms with E-state index in [0.29, 0.717) is 5.75 Å². The van der Waals surface area contributed by atoms with Gasteiger partial charge in [-0.3, -0.25) is 0 Å². The van der Waals surface area contributed by atoms with Gasteiger partial charge in [0.1, 0.15) is 0 Å². The number of methoxy groups -OCH3 is 1. The highest BCUT2D eigenvalue weighted by molar-refractivity contribution is 5.31. The van der Waals surface area contributed by atoms with E-state index < -0.39 is 0 Å². The van der Waals surface area contributed by atoms with Crippen LogP contribution in [-0.2, 0) is 0 Å². The molecule has 2 nitrogen and oxygen atoms in total. The second-order valence-electron chi connectivity index (χ2n) is 4.19. The molecular weight excluding hydrogens is 217 g/mol. The molecule has 1 rings (SSSR count). The Kier molecular flexibility index (Phi) is 5.98. The molecule has 0 bridgehead atoms. The minimum Gasteiger partial charge on any atom is -0.494 e. The van der Waals surface area contributed by atoms with Crippen LogP contribution in [0.25, 0.3) is 0 Å². The average molecular weight is 239 g/mol. The predicted octanol–water partition coefficient (Wildman–Crippen LogP) is 3.68. The van der Waals surface area contributed by atoms with Crippen molar-refractivity contribution in [1.82, 2.24) is 5.32 Å². The third kappa shape index (κ3) is 4.00. The molecule has 0 aliphatic heterocycles. The molecule has 0 heterocycles. The Bertz CT molecular complexity index is 341. The van der Waals surface area contributed by atoms with Crippen LogP contribution >= 0.6 is 0 Å². The van der Waals surface area contributed by atoms with Gasteiger partial charge in [-0.15, -0.1) is 0 Å². The third-order valence-electron chi connectivity index (χ3n) is 2.80. The van der Waals surface area contributed by atoms with Crippen LogP contribution in [0.2, 0.25) is 0 Å². The number of hydrogen-bond acceptors (Lipinski definition) is 2. The maximum Gasteiger partial charge on any atom is 0.165 e. The minimum atomic E-state index is -0.288. The number of nitrogens with one attached hydrogen (secondary N) is 1. The minimum absolute atomic E-state index is 0.236. The van der Waals surface area contributed by atoms with Gasteiger partial charge in [0, 0.05) is 6.04 Å². The smallest absolute Gasteiger partial charge is 0.165 e. The first-order chi connectivity index (χ1) is 8.22. The lowest BCUT2D eigenvalue weighted by molar-refractivity contribution is 0.385. The fourth-order valence-corrected chi connectivity index (χ4v) is 1.89. The fourth-order valence-electron chi connectivity index (χ4n) is 1.89. The van der Waals surface area contributed by atoms with Crippen molar-refractivity contribution in [2.45, 2.75) is 39.2 Å². The van der Waals surface area contributed by atoms with E-state index in [1.165, 1.54) is 7.11 Å². The van der Waals surface area contributed by atoms with Crippen LogP contribution in [0.3, 0.4) is 0 Å². The molecule has 0 amide bonds. The Morgan fingerprint density at radius 2 is 2.06 bits per heavy atom. The summed E-state index contributed by atoms with van der Waals surface area (Å²) in [6.45, 7) is 5.23. The molecule has 0 saturated heterocycles. The molecule has 0 radical (unpaired) electrons. The van der Waals surface area contributed by atoms with E-state index in [1.54, 1.807) is 12.1 Å². The number of halogens is 1. The van der Waals surface area contributed by atoms with Crippen molar-refractivity contribution in [2.75, 3.05) is 13.7 Å². The zero-order chi connectivity index (χ0) is 12.7. The van der Waals surface area contributed by atoms with Crippen molar-refractivity contribution in [2.24, 2.45) is 0 Å². The summed E-state index contributed by atoms with van der Waals surface area (Å²) in [5.41, 5.74) is 0.999. The van der Waals surface area contributed by atoms with Gasteiger partial charge in [-0.25, -0.2) is 4.39 Å². The van der Waals surface area contributed by atoms with Gasteiger partial charge in [0.25, 0.3) is 0 Å². The van der Waals surface area contributed by atoms with Crippen LogP contribution in [-0.4, -0.2) is 13.7 Å². The molecule has 3 heteroatoms. The summed E-state index contributed by atoms with van der Waals surface area (Å²) in [5.74, 6) is 0.0175. The molecule has 0 fully saturated rings. The number of ether oxygens (including phenoxy) is 1. The molecule has 1 unspecified atom stereocenters. The normalized spacial score (nSPS) is 12.5. The molecule has 1 N–H and O–H groups in total. The van der Waals surface area contributed by atoms with Crippen LogP contribution in [0, 0.1) is 5.82 Å². The number of rotatable bonds is 7. The number of benzene rings is 1. The lowest BCUT2D eigenvalue weighted by Crippen LogP contribution is -2.22. The zero-order valence-corrected chi connectivity index (χ0v) is 10.9. The largest absolute Gasteiger partial charge is 0.494 e. The van der Waals surface area contributed by atoms with E-state index in [4.69, 9.17) is 4.74 Å². The number of hydrogen-bond donors (Lipinski definition) is 1. The van der Waals surface area contributed by atoms with Gasteiger partial charge in [-0.2, -0.15) is 0 Å². The zero-order valence-electron chi connectivity index (χ0n) is 10.9. The van der Waals surface area contributed by atoms with Crippen molar-refractivity contribution in [3.8, 4) is 5.75 Å². The fraction of sp³-hybridized carbons (Fsp3) is 0.571. The van der Waals surface area contributed by atoms with E-state index in [0.717, 1.165) is 31.4 Å². The van der Waals surface area contributed by atoms with Gasteiger partial charge < -0.3 is 10.1 Å². The van der Waals surface area contributed by atoms with E-state index >= 15 is 0 Å². The van der Waals surface area contributed by atoms with E-state index in [9.17, 15) is 4.39 Å². The van der Waals surface area contributed by atoms with Gasteiger partial charge in [0.05, 0.1) is 7.11 Å². The van der Waals surface area contributed by atoms with Crippen molar-refractivity contribution in [1.29, 1.82) is 0 Å². The molecule has 17 heavy (non-hydrogen) atoms. The third-order valence-corrected chi connectivity index (χ3v) is 2.80. The maximum atomic E-state index is 13.6. The molecule has 0 saturated carbocycles. The average Bonchev–Trinajstić information content (AvgIpc) is 2.34. The highest BCUT2D eigenvalue weighted by Crippen LogP contribution is 2.24. The standard InChI is InChI=1S/C14H22FNO/c1-4-6-13(16-9-5-2)11-7-8-14(17-3)12(15)10-11/h7-8,10,13,16H,4-6,9H2,1-3H3. The first-order valence-corrected chi connectivity index (χ1v) is 6.29. The summed E-state index contributed by atoms with van der Waals surface area (Å²) in [4.78, 5) is 0. The SMILES string of the molecule is CCCNC(CCC)c1ccc(OC)c(F)c1. The van der Waals surface area contributed by atoms with Gasteiger partial charge >= 0.3 is 0 Å². The van der Waals surface area contributed by atoms with Crippen LogP contribution in [0.15, 0.2) is 18.2 Å². The Morgan fingerprint density at radius 1 is 1.29 bits per heavy atom. The molecule has 1 aromatic rings. The molecule has 0 aliphatic carbocycles. The Morgan fingerprint density at radius 3 is 2.59 bits per heavy atom. The quantitative estimate of drug-likeness (QED) is 0.783. The van der Waals surface area contributed by atoms with Crippen LogP contribution < -0.4 is 10.1 Å². The van der Waals surface area contributed by atoms with E-state index in [2.05, 4.69) is 19.2 Å². The van der Waals surface area contributed by atoms with Crippen molar-refractivity contribution >= 4 is 0 Å². The van der Waals surface area contributed by atoms with Gasteiger partial charge in [-0.05, 0) is 37.1 Å². The molecule has 96 valence electrons. The summed E-state index contributed by atoms with van der Waals surface area (Å²) in [6, 6.07) is 5.44. The van der Waals surface area contributed by atoms with Gasteiger partial charge in [-0.1, -0.05) is 26.3 Å². The molecule has 0 aromatic heterocycles. The van der Waals surface area contributed by atoms with Crippen LogP contribution in [0.5, 0.6) is 5.75 Å². The Hall–Kier alpha value is -1.09. The first-order valence-electron chi connectivity index (χ1n) is 6.29. The van der Waals surface area contributed by atoms with Crippen LogP contribution in [0.4, 0.5) is 4.39 Å². The van der Waals surface area contributed by atoms with Gasteiger partial charge in [0.15, 0.2) is 11.6 Å². The predicted molar refractivity (Wildman–Crippen MR) is 68.9 cm³/mol. The Balaban J connectivity index is 2.82. The second kappa shape index (κ2) is 7.28. The second-order valence-corrected chi connectivity index (χ2v) is 4.19. The van der Waals surface area contributed by atoms with Gasteiger partial charge in [0.2, 0.25) is 0 Å². The van der Waals surface area contributed by atoms with E-state index in [1.807, 2.05) is 6.07 Å². The lowest BCUT2D eigenvalue weighted by Gasteiger charge is -2.18. The summed E-state index contributed by atoms with van der Waals surface area (Å²) in [7, 11) is 1.48. The highest BCUT2D eigenvalue weighted by Gasteiger charge is 2.12. The molecule has 0 spiro atoms. The first kappa shape index (κ1) is 14.0. The monoisotopic (exact) mass is 239 g/mol. The van der Waals surface area contributed by atoms with Crippen molar-refractivity contribution < 1.29 is 9.13 Å². The van der Waals surface area contributed by atoms with E-state index in [-0.39, 0.29) is 11.9 Å². The Labute approximate surface area is 103 Å². The topological polar surface area (TPSA) is 21.3 Å². The van der Waals surface area contributed by atoms with Crippen molar-refractivity contribution in [3.63, 3.8) is 0 Å². The summed E-state index contributed by atoms with van der Waals surface area (Å²) >= 11 is 0. The molecule has 1 atom stereocenters. The summed E-state index contributed by atoms with van der Waals surface area (Å²) in [5, 5.41) is 3.44. The molecular formula is C14H22FNO. The summed E-state index contributed by atoms with van der Waals surface area (Å²) in [6.07, 6.45) is 3.18. The molecule has 1 aromatic carbocycles. The lowest BCUT2D eigenvalue weighted by atomic mass is 10.0. The summed E-state index contributed by atoms with van der Waals surface area (Å²) < 4.78 is 18.5. The van der Waals surface area contributed by atoms with Crippen molar-refractivity contribution in [3.05, 3.63) is 29.6 Å². The molecule has 0 aliphatic rings. The maximum absolute atomic E-state index is 13.6.